The largest absolute Gasteiger partial charge is 0.496 e. The van der Waals surface area contributed by atoms with E-state index in [1.807, 2.05) is 0 Å². The number of hydrogen-bond acceptors (Lipinski definition) is 6. The molecule has 0 fully saturated rings. The first-order valence-electron chi connectivity index (χ1n) is 7.41. The number of ether oxygens (including phenoxy) is 1. The molecular weight excluding hydrogens is 397 g/mol. The molecule has 0 aliphatic carbocycles. The number of carbonyl (C=O) groups excluding carboxylic acids is 1. The molecule has 1 aromatic heterocycles. The predicted octanol–water partition coefficient (Wildman–Crippen LogP) is 4.78. The van der Waals surface area contributed by atoms with Crippen LogP contribution in [0.25, 0.3) is 11.5 Å². The minimum atomic E-state index is -0.211. The lowest BCUT2D eigenvalue weighted by molar-refractivity contribution is -0.113. The number of thioether (sulfide) groups is 1. The molecule has 0 saturated carbocycles. The van der Waals surface area contributed by atoms with Crippen molar-refractivity contribution in [2.45, 2.75) is 5.22 Å². The molecule has 0 radical (unpaired) electrons. The van der Waals surface area contributed by atoms with E-state index >= 15 is 0 Å². The molecule has 2 aromatic carbocycles. The van der Waals surface area contributed by atoms with Crippen LogP contribution in [0.3, 0.4) is 0 Å². The van der Waals surface area contributed by atoms with Gasteiger partial charge >= 0.3 is 0 Å². The van der Waals surface area contributed by atoms with Crippen LogP contribution in [0.15, 0.2) is 52.1 Å². The first-order chi connectivity index (χ1) is 12.5. The number of carbonyl (C=O) groups is 1. The number of amides is 1. The van der Waals surface area contributed by atoms with Crippen LogP contribution in [0.1, 0.15) is 0 Å². The molecule has 134 valence electrons. The summed E-state index contributed by atoms with van der Waals surface area (Å²) in [7, 11) is 1.54. The maximum atomic E-state index is 12.0. The SMILES string of the molecule is COc1ccc(Cl)cc1-c1nnc(SCC(=O)Nc2cccc(Cl)c2)o1. The van der Waals surface area contributed by atoms with Gasteiger partial charge in [0, 0.05) is 15.7 Å². The molecule has 26 heavy (non-hydrogen) atoms. The van der Waals surface area contributed by atoms with E-state index in [1.165, 1.54) is 0 Å². The van der Waals surface area contributed by atoms with Crippen molar-refractivity contribution in [3.8, 4) is 17.2 Å². The number of halogens is 2. The van der Waals surface area contributed by atoms with Gasteiger partial charge in [-0.25, -0.2) is 0 Å². The molecule has 6 nitrogen and oxygen atoms in total. The Morgan fingerprint density at radius 2 is 2.00 bits per heavy atom. The molecule has 0 saturated heterocycles. The smallest absolute Gasteiger partial charge is 0.277 e. The second kappa shape index (κ2) is 8.44. The highest BCUT2D eigenvalue weighted by atomic mass is 35.5. The van der Waals surface area contributed by atoms with Gasteiger partial charge in [-0.05, 0) is 36.4 Å². The van der Waals surface area contributed by atoms with Crippen molar-refractivity contribution < 1.29 is 13.9 Å². The summed E-state index contributed by atoms with van der Waals surface area (Å²) in [6, 6.07) is 12.0. The van der Waals surface area contributed by atoms with Crippen molar-refractivity contribution in [3.05, 3.63) is 52.5 Å². The summed E-state index contributed by atoms with van der Waals surface area (Å²) < 4.78 is 10.9. The van der Waals surface area contributed by atoms with E-state index < -0.39 is 0 Å². The fraction of sp³-hybridized carbons (Fsp3) is 0.118. The van der Waals surface area contributed by atoms with Crippen LogP contribution in [-0.4, -0.2) is 29.0 Å². The van der Waals surface area contributed by atoms with E-state index in [0.717, 1.165) is 11.8 Å². The molecule has 0 atom stereocenters. The van der Waals surface area contributed by atoms with Crippen LogP contribution in [0.4, 0.5) is 5.69 Å². The molecule has 3 rings (SSSR count). The number of nitrogens with zero attached hydrogens (tertiary/aromatic N) is 2. The fourth-order valence-corrected chi connectivity index (χ4v) is 3.04. The van der Waals surface area contributed by atoms with Crippen LogP contribution in [0.5, 0.6) is 5.75 Å². The third-order valence-corrected chi connectivity index (χ3v) is 4.52. The van der Waals surface area contributed by atoms with Crippen molar-refractivity contribution in [2.75, 3.05) is 18.2 Å². The number of aromatic nitrogens is 2. The van der Waals surface area contributed by atoms with Crippen molar-refractivity contribution >= 4 is 46.6 Å². The van der Waals surface area contributed by atoms with Gasteiger partial charge < -0.3 is 14.5 Å². The Bertz CT molecular complexity index is 933. The lowest BCUT2D eigenvalue weighted by Gasteiger charge is -2.05. The van der Waals surface area contributed by atoms with Crippen molar-refractivity contribution in [1.29, 1.82) is 0 Å². The van der Waals surface area contributed by atoms with Crippen molar-refractivity contribution in [2.24, 2.45) is 0 Å². The Kier molecular flexibility index (Phi) is 6.03. The van der Waals surface area contributed by atoms with E-state index in [1.54, 1.807) is 49.6 Å². The quantitative estimate of drug-likeness (QED) is 0.590. The first-order valence-corrected chi connectivity index (χ1v) is 9.15. The van der Waals surface area contributed by atoms with E-state index in [-0.39, 0.29) is 22.8 Å². The Balaban J connectivity index is 1.64. The van der Waals surface area contributed by atoms with Gasteiger partial charge in [-0.15, -0.1) is 10.2 Å². The highest BCUT2D eigenvalue weighted by molar-refractivity contribution is 7.99. The van der Waals surface area contributed by atoms with Crippen LogP contribution in [0.2, 0.25) is 10.0 Å². The molecular formula is C17H13Cl2N3O3S. The lowest BCUT2D eigenvalue weighted by Crippen LogP contribution is -2.13. The molecule has 9 heteroatoms. The Morgan fingerprint density at radius 3 is 2.77 bits per heavy atom. The highest BCUT2D eigenvalue weighted by Crippen LogP contribution is 2.33. The Hall–Kier alpha value is -2.22. The zero-order chi connectivity index (χ0) is 18.5. The Labute approximate surface area is 163 Å². The minimum Gasteiger partial charge on any atom is -0.496 e. The van der Waals surface area contributed by atoms with E-state index in [4.69, 9.17) is 32.4 Å². The molecule has 3 aromatic rings. The molecule has 0 spiro atoms. The Morgan fingerprint density at radius 1 is 1.19 bits per heavy atom. The van der Waals surface area contributed by atoms with Gasteiger partial charge in [0.2, 0.25) is 5.91 Å². The summed E-state index contributed by atoms with van der Waals surface area (Å²) in [4.78, 5) is 12.0. The molecule has 1 amide bonds. The zero-order valence-corrected chi connectivity index (χ0v) is 15.9. The van der Waals surface area contributed by atoms with Crippen LogP contribution in [0, 0.1) is 0 Å². The standard InChI is InChI=1S/C17H13Cl2N3O3S/c1-24-14-6-5-11(19)8-13(14)16-21-22-17(25-16)26-9-15(23)20-12-4-2-3-10(18)7-12/h2-8H,9H2,1H3,(H,20,23). The van der Waals surface area contributed by atoms with Gasteiger partial charge in [0.25, 0.3) is 11.1 Å². The minimum absolute atomic E-state index is 0.112. The molecule has 0 bridgehead atoms. The van der Waals surface area contributed by atoms with Gasteiger partial charge in [0.05, 0.1) is 18.4 Å². The average Bonchev–Trinajstić information content (AvgIpc) is 3.09. The van der Waals surface area contributed by atoms with Gasteiger partial charge in [-0.2, -0.15) is 0 Å². The third kappa shape index (κ3) is 4.69. The second-order valence-corrected chi connectivity index (χ2v) is 6.86. The molecule has 0 aliphatic heterocycles. The number of hydrogen-bond donors (Lipinski definition) is 1. The van der Waals surface area contributed by atoms with E-state index in [2.05, 4.69) is 15.5 Å². The van der Waals surface area contributed by atoms with Gasteiger partial charge in [0.15, 0.2) is 0 Å². The summed E-state index contributed by atoms with van der Waals surface area (Å²) in [6.07, 6.45) is 0. The van der Waals surface area contributed by atoms with E-state index in [9.17, 15) is 4.79 Å². The summed E-state index contributed by atoms with van der Waals surface area (Å²) in [5, 5.41) is 12.0. The number of nitrogens with one attached hydrogen (secondary N) is 1. The summed E-state index contributed by atoms with van der Waals surface area (Å²) >= 11 is 13.0. The average molecular weight is 410 g/mol. The number of anilines is 1. The number of rotatable bonds is 6. The number of benzene rings is 2. The summed E-state index contributed by atoms with van der Waals surface area (Å²) in [6.45, 7) is 0. The maximum Gasteiger partial charge on any atom is 0.277 e. The zero-order valence-electron chi connectivity index (χ0n) is 13.5. The number of methoxy groups -OCH3 is 1. The predicted molar refractivity (Wildman–Crippen MR) is 102 cm³/mol. The van der Waals surface area contributed by atoms with Gasteiger partial charge in [-0.1, -0.05) is 41.0 Å². The molecule has 0 unspecified atom stereocenters. The second-order valence-electron chi connectivity index (χ2n) is 5.06. The topological polar surface area (TPSA) is 77.2 Å². The summed E-state index contributed by atoms with van der Waals surface area (Å²) in [5.41, 5.74) is 1.21. The monoisotopic (exact) mass is 409 g/mol. The van der Waals surface area contributed by atoms with Gasteiger partial charge in [0.1, 0.15) is 5.75 Å². The van der Waals surface area contributed by atoms with Crippen molar-refractivity contribution in [3.63, 3.8) is 0 Å². The van der Waals surface area contributed by atoms with Crippen LogP contribution >= 0.6 is 35.0 Å². The lowest BCUT2D eigenvalue weighted by atomic mass is 10.2. The maximum absolute atomic E-state index is 12.0. The van der Waals surface area contributed by atoms with Crippen LogP contribution < -0.4 is 10.1 Å². The van der Waals surface area contributed by atoms with Crippen molar-refractivity contribution in [1.82, 2.24) is 10.2 Å². The molecule has 0 aliphatic rings. The van der Waals surface area contributed by atoms with Crippen LogP contribution in [-0.2, 0) is 4.79 Å². The molecule has 1 heterocycles. The first kappa shape index (κ1) is 18.6. The third-order valence-electron chi connectivity index (χ3n) is 3.23. The summed E-state index contributed by atoms with van der Waals surface area (Å²) in [5.74, 6) is 0.730. The highest BCUT2D eigenvalue weighted by Gasteiger charge is 2.15. The molecule has 1 N–H and O–H groups in total. The fourth-order valence-electron chi connectivity index (χ4n) is 2.11. The van der Waals surface area contributed by atoms with E-state index in [0.29, 0.717) is 27.0 Å². The normalized spacial score (nSPS) is 10.6. The van der Waals surface area contributed by atoms with Gasteiger partial charge in [-0.3, -0.25) is 4.79 Å².